The second kappa shape index (κ2) is 7.13. The summed E-state index contributed by atoms with van der Waals surface area (Å²) < 4.78 is 0. The fourth-order valence-electron chi connectivity index (χ4n) is 3.21. The van der Waals surface area contributed by atoms with Crippen LogP contribution in [0.25, 0.3) is 11.0 Å². The molecule has 0 saturated carbocycles. The van der Waals surface area contributed by atoms with Crippen molar-refractivity contribution in [3.63, 3.8) is 0 Å². The minimum absolute atomic E-state index is 0.0585. The van der Waals surface area contributed by atoms with Crippen LogP contribution in [0.15, 0.2) is 24.3 Å². The highest BCUT2D eigenvalue weighted by Crippen LogP contribution is 2.23. The van der Waals surface area contributed by atoms with Crippen LogP contribution in [0.1, 0.15) is 45.0 Å². The third-order valence-electron chi connectivity index (χ3n) is 4.43. The van der Waals surface area contributed by atoms with E-state index in [4.69, 9.17) is 0 Å². The lowest BCUT2D eigenvalue weighted by atomic mass is 9.97. The highest BCUT2D eigenvalue weighted by atomic mass is 16.2. The molecule has 0 radical (unpaired) electrons. The number of para-hydroxylation sites is 2. The summed E-state index contributed by atoms with van der Waals surface area (Å²) in [6.07, 6.45) is 2.91. The van der Waals surface area contributed by atoms with Crippen molar-refractivity contribution in [1.82, 2.24) is 20.6 Å². The van der Waals surface area contributed by atoms with Crippen LogP contribution in [0.2, 0.25) is 0 Å². The molecule has 124 valence electrons. The number of aromatic amines is 1. The van der Waals surface area contributed by atoms with Gasteiger partial charge in [0.05, 0.1) is 23.0 Å². The number of fused-ring (bicyclic) bond motifs is 1. The zero-order valence-corrected chi connectivity index (χ0v) is 13.9. The number of carbonyl (C=O) groups is 1. The normalized spacial score (nSPS) is 19.9. The Hall–Kier alpha value is -1.88. The van der Waals surface area contributed by atoms with Gasteiger partial charge in [-0.05, 0) is 43.9 Å². The van der Waals surface area contributed by atoms with Crippen LogP contribution >= 0.6 is 0 Å². The van der Waals surface area contributed by atoms with Gasteiger partial charge in [-0.3, -0.25) is 4.79 Å². The molecule has 1 fully saturated rings. The van der Waals surface area contributed by atoms with Crippen LogP contribution < -0.4 is 10.6 Å². The first kappa shape index (κ1) is 16.0. The molecule has 0 aliphatic carbocycles. The Labute approximate surface area is 137 Å². The number of piperidine rings is 1. The lowest BCUT2D eigenvalue weighted by Crippen LogP contribution is -2.42. The van der Waals surface area contributed by atoms with E-state index in [1.807, 2.05) is 24.3 Å². The van der Waals surface area contributed by atoms with E-state index < -0.39 is 0 Å². The molecule has 3 rings (SSSR count). The quantitative estimate of drug-likeness (QED) is 0.795. The Morgan fingerprint density at radius 1 is 1.39 bits per heavy atom. The first-order chi connectivity index (χ1) is 11.1. The molecular weight excluding hydrogens is 288 g/mol. The van der Waals surface area contributed by atoms with E-state index in [9.17, 15) is 4.79 Å². The number of carbonyl (C=O) groups excluding carboxylic acids is 1. The third-order valence-corrected chi connectivity index (χ3v) is 4.43. The average molecular weight is 314 g/mol. The van der Waals surface area contributed by atoms with Gasteiger partial charge in [0.25, 0.3) is 0 Å². The second-order valence-electron chi connectivity index (χ2n) is 6.87. The predicted molar refractivity (Wildman–Crippen MR) is 92.0 cm³/mol. The summed E-state index contributed by atoms with van der Waals surface area (Å²) in [5, 5.41) is 6.53. The number of benzene rings is 1. The van der Waals surface area contributed by atoms with Crippen molar-refractivity contribution in [1.29, 1.82) is 0 Å². The highest BCUT2D eigenvalue weighted by Gasteiger charge is 2.25. The molecule has 2 atom stereocenters. The number of imidazole rings is 1. The minimum Gasteiger partial charge on any atom is -0.346 e. The standard InChI is InChI=1S/C18H26N4O/c1-12(2)10-16(22-18(23)13-6-5-9-19-11-13)17-20-14-7-3-4-8-15(14)21-17/h3-4,7-8,12-13,16,19H,5-6,9-11H2,1-2H3,(H,20,21)(H,22,23). The Bertz CT molecular complexity index is 625. The molecule has 1 aliphatic rings. The van der Waals surface area contributed by atoms with Gasteiger partial charge in [0.2, 0.25) is 5.91 Å². The number of hydrogen-bond acceptors (Lipinski definition) is 3. The monoisotopic (exact) mass is 314 g/mol. The first-order valence-electron chi connectivity index (χ1n) is 8.59. The van der Waals surface area contributed by atoms with E-state index in [2.05, 4.69) is 34.4 Å². The van der Waals surface area contributed by atoms with E-state index in [-0.39, 0.29) is 17.9 Å². The van der Waals surface area contributed by atoms with Crippen LogP contribution in [-0.4, -0.2) is 29.0 Å². The number of nitrogens with one attached hydrogen (secondary N) is 3. The molecule has 2 unspecified atom stereocenters. The third kappa shape index (κ3) is 3.91. The zero-order valence-electron chi connectivity index (χ0n) is 13.9. The fourth-order valence-corrected chi connectivity index (χ4v) is 3.21. The maximum atomic E-state index is 12.6. The molecule has 5 heteroatoms. The molecule has 1 aliphatic heterocycles. The largest absolute Gasteiger partial charge is 0.346 e. The summed E-state index contributed by atoms with van der Waals surface area (Å²) in [7, 11) is 0. The maximum absolute atomic E-state index is 12.6. The van der Waals surface area contributed by atoms with Crippen LogP contribution in [-0.2, 0) is 4.79 Å². The van der Waals surface area contributed by atoms with Gasteiger partial charge < -0.3 is 15.6 Å². The molecule has 1 aromatic heterocycles. The van der Waals surface area contributed by atoms with Crippen molar-refractivity contribution in [3.8, 4) is 0 Å². The van der Waals surface area contributed by atoms with Gasteiger partial charge in [-0.1, -0.05) is 26.0 Å². The summed E-state index contributed by atoms with van der Waals surface area (Å²) in [4.78, 5) is 20.6. The van der Waals surface area contributed by atoms with Crippen molar-refractivity contribution in [2.24, 2.45) is 11.8 Å². The minimum atomic E-state index is -0.0585. The van der Waals surface area contributed by atoms with Crippen molar-refractivity contribution in [3.05, 3.63) is 30.1 Å². The van der Waals surface area contributed by atoms with Crippen LogP contribution in [0.4, 0.5) is 0 Å². The van der Waals surface area contributed by atoms with Crippen LogP contribution in [0.3, 0.4) is 0 Å². The van der Waals surface area contributed by atoms with E-state index >= 15 is 0 Å². The zero-order chi connectivity index (χ0) is 16.2. The fraction of sp³-hybridized carbons (Fsp3) is 0.556. The Balaban J connectivity index is 1.77. The highest BCUT2D eigenvalue weighted by molar-refractivity contribution is 5.80. The van der Waals surface area contributed by atoms with Crippen LogP contribution in [0, 0.1) is 11.8 Å². The topological polar surface area (TPSA) is 69.8 Å². The number of nitrogens with zero attached hydrogens (tertiary/aromatic N) is 1. The predicted octanol–water partition coefficient (Wildman–Crippen LogP) is 2.77. The first-order valence-corrected chi connectivity index (χ1v) is 8.59. The van der Waals surface area contributed by atoms with E-state index in [1.165, 1.54) is 0 Å². The Kier molecular flexibility index (Phi) is 4.96. The number of rotatable bonds is 5. The van der Waals surface area contributed by atoms with E-state index in [1.54, 1.807) is 0 Å². The number of aromatic nitrogens is 2. The second-order valence-corrected chi connectivity index (χ2v) is 6.87. The molecular formula is C18H26N4O. The van der Waals surface area contributed by atoms with Crippen molar-refractivity contribution in [2.75, 3.05) is 13.1 Å². The Morgan fingerprint density at radius 2 is 2.22 bits per heavy atom. The number of H-pyrrole nitrogens is 1. The molecule has 0 spiro atoms. The van der Waals surface area contributed by atoms with Gasteiger partial charge >= 0.3 is 0 Å². The summed E-state index contributed by atoms with van der Waals surface area (Å²) >= 11 is 0. The molecule has 1 saturated heterocycles. The van der Waals surface area contributed by atoms with Gasteiger partial charge in [-0.25, -0.2) is 4.98 Å². The van der Waals surface area contributed by atoms with Crippen molar-refractivity contribution in [2.45, 2.75) is 39.2 Å². The average Bonchev–Trinajstić information content (AvgIpc) is 2.98. The molecule has 0 bridgehead atoms. The van der Waals surface area contributed by atoms with Gasteiger partial charge in [-0.2, -0.15) is 0 Å². The molecule has 2 aromatic rings. The molecule has 3 N–H and O–H groups in total. The molecule has 1 aromatic carbocycles. The van der Waals surface area contributed by atoms with Gasteiger partial charge in [0, 0.05) is 6.54 Å². The summed E-state index contributed by atoms with van der Waals surface area (Å²) in [6, 6.07) is 7.93. The molecule has 2 heterocycles. The number of hydrogen-bond donors (Lipinski definition) is 3. The number of amides is 1. The molecule has 23 heavy (non-hydrogen) atoms. The molecule has 5 nitrogen and oxygen atoms in total. The summed E-state index contributed by atoms with van der Waals surface area (Å²) in [5.74, 6) is 1.56. The van der Waals surface area contributed by atoms with Crippen molar-refractivity contribution < 1.29 is 4.79 Å². The Morgan fingerprint density at radius 3 is 2.91 bits per heavy atom. The van der Waals surface area contributed by atoms with Crippen molar-refractivity contribution >= 4 is 16.9 Å². The summed E-state index contributed by atoms with van der Waals surface area (Å²) in [6.45, 7) is 6.14. The SMILES string of the molecule is CC(C)CC(NC(=O)C1CCCNC1)c1nc2ccccc2[nH]1. The smallest absolute Gasteiger partial charge is 0.224 e. The van der Waals surface area contributed by atoms with E-state index in [0.29, 0.717) is 5.92 Å². The van der Waals surface area contributed by atoms with Crippen LogP contribution in [0.5, 0.6) is 0 Å². The van der Waals surface area contributed by atoms with Gasteiger partial charge in [-0.15, -0.1) is 0 Å². The van der Waals surface area contributed by atoms with Gasteiger partial charge in [0.1, 0.15) is 5.82 Å². The van der Waals surface area contributed by atoms with Gasteiger partial charge in [0.15, 0.2) is 0 Å². The van der Waals surface area contributed by atoms with E-state index in [0.717, 1.165) is 49.2 Å². The lowest BCUT2D eigenvalue weighted by Gasteiger charge is -2.25. The lowest BCUT2D eigenvalue weighted by molar-refractivity contribution is -0.126. The maximum Gasteiger partial charge on any atom is 0.224 e. The summed E-state index contributed by atoms with van der Waals surface area (Å²) in [5.41, 5.74) is 1.97. The molecule has 1 amide bonds.